The highest BCUT2D eigenvalue weighted by Gasteiger charge is 2.07. The van der Waals surface area contributed by atoms with E-state index in [0.717, 1.165) is 30.0 Å². The van der Waals surface area contributed by atoms with E-state index in [1.54, 1.807) is 17.8 Å². The van der Waals surface area contributed by atoms with Gasteiger partial charge in [0.25, 0.3) is 0 Å². The molecule has 0 unspecified atom stereocenters. The van der Waals surface area contributed by atoms with Gasteiger partial charge in [0.1, 0.15) is 0 Å². The summed E-state index contributed by atoms with van der Waals surface area (Å²) >= 11 is 7.56. The summed E-state index contributed by atoms with van der Waals surface area (Å²) in [5, 5.41) is 4.52. The maximum absolute atomic E-state index is 5.97. The number of nitrogen functional groups attached to an aromatic ring is 1. The first-order valence-electron chi connectivity index (χ1n) is 6.18. The molecule has 0 aliphatic heterocycles. The topological polar surface area (TPSA) is 64.9 Å². The van der Waals surface area contributed by atoms with Gasteiger partial charge < -0.3 is 10.3 Å². The summed E-state index contributed by atoms with van der Waals surface area (Å²) in [6, 6.07) is 5.57. The van der Waals surface area contributed by atoms with Crippen molar-refractivity contribution in [1.82, 2.24) is 10.1 Å². The van der Waals surface area contributed by atoms with E-state index in [1.807, 2.05) is 12.1 Å². The van der Waals surface area contributed by atoms with Crippen molar-refractivity contribution < 1.29 is 4.52 Å². The van der Waals surface area contributed by atoms with Crippen molar-refractivity contribution in [2.24, 2.45) is 0 Å². The molecule has 2 aromatic rings. The Bertz CT molecular complexity index is 544. The van der Waals surface area contributed by atoms with Crippen LogP contribution in [-0.4, -0.2) is 10.1 Å². The van der Waals surface area contributed by atoms with Crippen molar-refractivity contribution in [3.05, 3.63) is 34.9 Å². The SMILES string of the molecule is CCCCc1noc(CSc2ccc(N)c(Cl)c2)n1. The maximum atomic E-state index is 5.97. The van der Waals surface area contributed by atoms with Gasteiger partial charge in [-0.25, -0.2) is 0 Å². The second-order valence-electron chi connectivity index (χ2n) is 4.18. The molecule has 0 amide bonds. The van der Waals surface area contributed by atoms with E-state index in [1.165, 1.54) is 0 Å². The zero-order valence-electron chi connectivity index (χ0n) is 10.7. The molecular weight excluding hydrogens is 282 g/mol. The lowest BCUT2D eigenvalue weighted by Gasteiger charge is -2.01. The summed E-state index contributed by atoms with van der Waals surface area (Å²) in [5.41, 5.74) is 6.25. The second-order valence-corrected chi connectivity index (χ2v) is 5.64. The van der Waals surface area contributed by atoms with Crippen LogP contribution in [0.15, 0.2) is 27.6 Å². The van der Waals surface area contributed by atoms with Crippen LogP contribution in [0, 0.1) is 0 Å². The fourth-order valence-electron chi connectivity index (χ4n) is 1.53. The van der Waals surface area contributed by atoms with Crippen molar-refractivity contribution in [2.45, 2.75) is 36.8 Å². The Labute approximate surface area is 121 Å². The first kappa shape index (κ1) is 14.2. The van der Waals surface area contributed by atoms with Crippen molar-refractivity contribution in [2.75, 3.05) is 5.73 Å². The number of anilines is 1. The number of rotatable bonds is 6. The minimum Gasteiger partial charge on any atom is -0.398 e. The zero-order valence-corrected chi connectivity index (χ0v) is 12.3. The van der Waals surface area contributed by atoms with E-state index in [4.69, 9.17) is 21.9 Å². The first-order chi connectivity index (χ1) is 9.19. The average Bonchev–Trinajstić information content (AvgIpc) is 2.86. The Morgan fingerprint density at radius 3 is 3.00 bits per heavy atom. The Hall–Kier alpha value is -1.20. The molecule has 0 bridgehead atoms. The van der Waals surface area contributed by atoms with E-state index in [9.17, 15) is 0 Å². The van der Waals surface area contributed by atoms with Crippen molar-refractivity contribution in [3.8, 4) is 0 Å². The van der Waals surface area contributed by atoms with Gasteiger partial charge in [-0.15, -0.1) is 11.8 Å². The van der Waals surface area contributed by atoms with Crippen LogP contribution in [0.3, 0.4) is 0 Å². The van der Waals surface area contributed by atoms with Crippen LogP contribution in [0.4, 0.5) is 5.69 Å². The number of hydrogen-bond acceptors (Lipinski definition) is 5. The van der Waals surface area contributed by atoms with Gasteiger partial charge in [0.15, 0.2) is 5.82 Å². The molecule has 0 radical (unpaired) electrons. The van der Waals surface area contributed by atoms with Gasteiger partial charge in [-0.2, -0.15) is 4.98 Å². The second kappa shape index (κ2) is 6.82. The van der Waals surface area contributed by atoms with Gasteiger partial charge in [0.05, 0.1) is 16.5 Å². The standard InChI is InChI=1S/C13H16ClN3OS/c1-2-3-4-12-16-13(18-17-12)8-19-9-5-6-11(15)10(14)7-9/h5-7H,2-4,8,15H2,1H3. The van der Waals surface area contributed by atoms with E-state index in [2.05, 4.69) is 17.1 Å². The van der Waals surface area contributed by atoms with Crippen LogP contribution in [0.2, 0.25) is 5.02 Å². The lowest BCUT2D eigenvalue weighted by atomic mass is 10.2. The molecule has 4 nitrogen and oxygen atoms in total. The molecule has 0 fully saturated rings. The molecule has 1 aromatic heterocycles. The minimum absolute atomic E-state index is 0.569. The molecule has 0 aliphatic rings. The van der Waals surface area contributed by atoms with E-state index in [-0.39, 0.29) is 0 Å². The molecule has 0 aliphatic carbocycles. The van der Waals surface area contributed by atoms with Crippen LogP contribution in [0.5, 0.6) is 0 Å². The van der Waals surface area contributed by atoms with E-state index < -0.39 is 0 Å². The van der Waals surface area contributed by atoms with Gasteiger partial charge in [-0.1, -0.05) is 30.1 Å². The minimum atomic E-state index is 0.569. The van der Waals surface area contributed by atoms with Gasteiger partial charge in [-0.05, 0) is 24.6 Å². The largest absolute Gasteiger partial charge is 0.398 e. The van der Waals surface area contributed by atoms with Crippen LogP contribution in [0.1, 0.15) is 31.5 Å². The summed E-state index contributed by atoms with van der Waals surface area (Å²) < 4.78 is 5.20. The summed E-state index contributed by atoms with van der Waals surface area (Å²) in [6.45, 7) is 2.14. The molecule has 0 spiro atoms. The predicted octanol–water partition coefficient (Wildman–Crippen LogP) is 3.94. The molecule has 1 heterocycles. The highest BCUT2D eigenvalue weighted by atomic mass is 35.5. The molecule has 19 heavy (non-hydrogen) atoms. The predicted molar refractivity (Wildman–Crippen MR) is 78.3 cm³/mol. The fraction of sp³-hybridized carbons (Fsp3) is 0.385. The van der Waals surface area contributed by atoms with Gasteiger partial charge in [-0.3, -0.25) is 0 Å². The number of thioether (sulfide) groups is 1. The number of aryl methyl sites for hydroxylation is 1. The number of hydrogen-bond donors (Lipinski definition) is 1. The highest BCUT2D eigenvalue weighted by molar-refractivity contribution is 7.98. The van der Waals surface area contributed by atoms with Crippen molar-refractivity contribution >= 4 is 29.1 Å². The number of aromatic nitrogens is 2. The molecule has 0 saturated carbocycles. The van der Waals surface area contributed by atoms with Crippen LogP contribution < -0.4 is 5.73 Å². The lowest BCUT2D eigenvalue weighted by Crippen LogP contribution is -1.88. The Morgan fingerprint density at radius 2 is 2.26 bits per heavy atom. The maximum Gasteiger partial charge on any atom is 0.237 e. The monoisotopic (exact) mass is 297 g/mol. The third kappa shape index (κ3) is 4.14. The number of unbranched alkanes of at least 4 members (excludes halogenated alkanes) is 1. The van der Waals surface area contributed by atoms with Crippen molar-refractivity contribution in [1.29, 1.82) is 0 Å². The van der Waals surface area contributed by atoms with Gasteiger partial charge in [0.2, 0.25) is 5.89 Å². The van der Waals surface area contributed by atoms with Crippen molar-refractivity contribution in [3.63, 3.8) is 0 Å². The molecule has 0 atom stereocenters. The molecule has 1 aromatic carbocycles. The van der Waals surface area contributed by atoms with E-state index >= 15 is 0 Å². The molecule has 102 valence electrons. The summed E-state index contributed by atoms with van der Waals surface area (Å²) in [5.74, 6) is 2.07. The van der Waals surface area contributed by atoms with Crippen LogP contribution in [-0.2, 0) is 12.2 Å². The summed E-state index contributed by atoms with van der Waals surface area (Å²) in [4.78, 5) is 5.38. The third-order valence-electron chi connectivity index (χ3n) is 2.60. The average molecular weight is 298 g/mol. The number of nitrogens with two attached hydrogens (primary N) is 1. The molecule has 2 rings (SSSR count). The van der Waals surface area contributed by atoms with Gasteiger partial charge >= 0.3 is 0 Å². The lowest BCUT2D eigenvalue weighted by molar-refractivity contribution is 0.384. The number of nitrogens with zero attached hydrogens (tertiary/aromatic N) is 2. The first-order valence-corrected chi connectivity index (χ1v) is 7.54. The fourth-order valence-corrected chi connectivity index (χ4v) is 2.55. The van der Waals surface area contributed by atoms with Crippen LogP contribution >= 0.6 is 23.4 Å². The number of halogens is 1. The molecule has 6 heteroatoms. The quantitative estimate of drug-likeness (QED) is 0.646. The van der Waals surface area contributed by atoms with Gasteiger partial charge in [0, 0.05) is 11.3 Å². The smallest absolute Gasteiger partial charge is 0.237 e. The zero-order chi connectivity index (χ0) is 13.7. The Kier molecular flexibility index (Phi) is 5.10. The van der Waals surface area contributed by atoms with Crippen LogP contribution in [0.25, 0.3) is 0 Å². The number of benzene rings is 1. The highest BCUT2D eigenvalue weighted by Crippen LogP contribution is 2.28. The Morgan fingerprint density at radius 1 is 1.42 bits per heavy atom. The summed E-state index contributed by atoms with van der Waals surface area (Å²) in [6.07, 6.45) is 3.08. The summed E-state index contributed by atoms with van der Waals surface area (Å²) in [7, 11) is 0. The van der Waals surface area contributed by atoms with E-state index in [0.29, 0.717) is 22.4 Å². The normalized spacial score (nSPS) is 10.8. The molecule has 2 N–H and O–H groups in total. The molecular formula is C13H16ClN3OS. The molecule has 0 saturated heterocycles. The third-order valence-corrected chi connectivity index (χ3v) is 3.90. The Balaban J connectivity index is 1.91.